The Labute approximate surface area is 109 Å². The minimum atomic E-state index is 0.981. The predicted octanol–water partition coefficient (Wildman–Crippen LogP) is 3.28. The molecule has 2 nitrogen and oxygen atoms in total. The van der Waals surface area contributed by atoms with Crippen LogP contribution < -0.4 is 10.2 Å². The molecule has 18 heavy (non-hydrogen) atoms. The first kappa shape index (κ1) is 10.7. The van der Waals surface area contributed by atoms with Gasteiger partial charge in [0.2, 0.25) is 0 Å². The highest BCUT2D eigenvalue weighted by Crippen LogP contribution is 2.40. The number of aryl methyl sites for hydroxylation is 1. The van der Waals surface area contributed by atoms with Crippen LogP contribution in [0.25, 0.3) is 0 Å². The lowest BCUT2D eigenvalue weighted by atomic mass is 10.0. The number of hydrogen-bond acceptors (Lipinski definition) is 2. The van der Waals surface area contributed by atoms with E-state index in [4.69, 9.17) is 0 Å². The number of nitrogens with zero attached hydrogens (tertiary/aromatic N) is 1. The predicted molar refractivity (Wildman–Crippen MR) is 76.3 cm³/mol. The molecular formula is C16H22N2. The normalized spacial score (nSPS) is 29.9. The molecule has 0 spiro atoms. The Morgan fingerprint density at radius 2 is 1.89 bits per heavy atom. The van der Waals surface area contributed by atoms with E-state index < -0.39 is 0 Å². The fourth-order valence-electron chi connectivity index (χ4n) is 4.09. The Kier molecular flexibility index (Phi) is 2.49. The molecule has 1 N–H and O–H groups in total. The van der Waals surface area contributed by atoms with Gasteiger partial charge in [-0.15, -0.1) is 0 Å². The Hall–Kier alpha value is -1.18. The molecule has 2 unspecified atom stereocenters. The number of rotatable bonds is 1. The first-order chi connectivity index (χ1) is 8.90. The van der Waals surface area contributed by atoms with Crippen LogP contribution in [0.3, 0.4) is 0 Å². The summed E-state index contributed by atoms with van der Waals surface area (Å²) in [5, 5.41) is 3.55. The molecule has 2 heterocycles. The lowest BCUT2D eigenvalue weighted by Gasteiger charge is -2.24. The SMILES string of the molecule is c1cc2c(cc1N1CC3CCCC3C1)NCCC2. The number of benzene rings is 1. The van der Waals surface area contributed by atoms with Gasteiger partial charge < -0.3 is 10.2 Å². The third-order valence-corrected chi connectivity index (χ3v) is 5.12. The largest absolute Gasteiger partial charge is 0.385 e. The highest BCUT2D eigenvalue weighted by Gasteiger charge is 2.36. The molecule has 0 bridgehead atoms. The summed E-state index contributed by atoms with van der Waals surface area (Å²) < 4.78 is 0. The molecule has 1 aromatic carbocycles. The average Bonchev–Trinajstić information content (AvgIpc) is 2.99. The molecule has 4 rings (SSSR count). The van der Waals surface area contributed by atoms with Crippen LogP contribution in [0.1, 0.15) is 31.2 Å². The van der Waals surface area contributed by atoms with Crippen molar-refractivity contribution in [2.24, 2.45) is 11.8 Å². The van der Waals surface area contributed by atoms with Crippen molar-refractivity contribution in [2.45, 2.75) is 32.1 Å². The maximum Gasteiger partial charge on any atom is 0.0393 e. The first-order valence-electron chi connectivity index (χ1n) is 7.52. The van der Waals surface area contributed by atoms with E-state index in [-0.39, 0.29) is 0 Å². The molecule has 0 aromatic heterocycles. The van der Waals surface area contributed by atoms with E-state index in [1.54, 1.807) is 0 Å². The molecule has 0 amide bonds. The molecule has 96 valence electrons. The van der Waals surface area contributed by atoms with Gasteiger partial charge in [-0.1, -0.05) is 12.5 Å². The fourth-order valence-corrected chi connectivity index (χ4v) is 4.09. The Balaban J connectivity index is 1.58. The Morgan fingerprint density at radius 3 is 2.72 bits per heavy atom. The van der Waals surface area contributed by atoms with Crippen LogP contribution >= 0.6 is 0 Å². The molecule has 1 saturated heterocycles. The molecule has 0 radical (unpaired) electrons. The molecule has 2 atom stereocenters. The van der Waals surface area contributed by atoms with Crippen molar-refractivity contribution >= 4 is 11.4 Å². The van der Waals surface area contributed by atoms with Gasteiger partial charge in [-0.2, -0.15) is 0 Å². The van der Waals surface area contributed by atoms with Gasteiger partial charge in [-0.3, -0.25) is 0 Å². The van der Waals surface area contributed by atoms with Crippen LogP contribution in [0.2, 0.25) is 0 Å². The summed E-state index contributed by atoms with van der Waals surface area (Å²) in [4.78, 5) is 2.62. The van der Waals surface area contributed by atoms with Gasteiger partial charge in [-0.05, 0) is 55.2 Å². The highest BCUT2D eigenvalue weighted by atomic mass is 15.2. The molecule has 1 aliphatic carbocycles. The van der Waals surface area contributed by atoms with Crippen molar-refractivity contribution in [3.05, 3.63) is 23.8 Å². The van der Waals surface area contributed by atoms with E-state index in [9.17, 15) is 0 Å². The van der Waals surface area contributed by atoms with E-state index in [1.807, 2.05) is 0 Å². The van der Waals surface area contributed by atoms with E-state index in [2.05, 4.69) is 28.4 Å². The third-order valence-electron chi connectivity index (χ3n) is 5.12. The molecule has 2 heteroatoms. The zero-order valence-electron chi connectivity index (χ0n) is 11.0. The van der Waals surface area contributed by atoms with Crippen molar-refractivity contribution in [1.29, 1.82) is 0 Å². The topological polar surface area (TPSA) is 15.3 Å². The third kappa shape index (κ3) is 1.70. The van der Waals surface area contributed by atoms with Gasteiger partial charge in [0.15, 0.2) is 0 Å². The fraction of sp³-hybridized carbons (Fsp3) is 0.625. The summed E-state index contributed by atoms with van der Waals surface area (Å²) in [7, 11) is 0. The van der Waals surface area contributed by atoms with Gasteiger partial charge in [0.1, 0.15) is 0 Å². The number of anilines is 2. The average molecular weight is 242 g/mol. The second-order valence-electron chi connectivity index (χ2n) is 6.23. The van der Waals surface area contributed by atoms with E-state index >= 15 is 0 Å². The summed E-state index contributed by atoms with van der Waals surface area (Å²) in [5.41, 5.74) is 4.33. The standard InChI is InChI=1S/C16H22N2/c1-3-13-10-18(11-14(13)4-1)15-7-6-12-5-2-8-17-16(12)9-15/h6-7,9,13-14,17H,1-5,8,10-11H2. The maximum absolute atomic E-state index is 3.55. The number of fused-ring (bicyclic) bond motifs is 2. The first-order valence-corrected chi connectivity index (χ1v) is 7.52. The molecule has 2 aliphatic heterocycles. The van der Waals surface area contributed by atoms with Gasteiger partial charge in [0.05, 0.1) is 0 Å². The molecule has 1 saturated carbocycles. The molecule has 2 fully saturated rings. The van der Waals surface area contributed by atoms with Crippen LogP contribution in [0, 0.1) is 11.8 Å². The van der Waals surface area contributed by atoms with Crippen LogP contribution in [0.5, 0.6) is 0 Å². The lowest BCUT2D eigenvalue weighted by molar-refractivity contribution is 0.494. The zero-order chi connectivity index (χ0) is 11.9. The van der Waals surface area contributed by atoms with Crippen LogP contribution in [-0.2, 0) is 6.42 Å². The van der Waals surface area contributed by atoms with Gasteiger partial charge in [0, 0.05) is 31.0 Å². The highest BCUT2D eigenvalue weighted by molar-refractivity contribution is 5.63. The van der Waals surface area contributed by atoms with Crippen LogP contribution in [0.15, 0.2) is 18.2 Å². The summed E-state index contributed by atoms with van der Waals surface area (Å²) in [5.74, 6) is 1.96. The minimum absolute atomic E-state index is 0.981. The molecule has 1 aromatic rings. The second-order valence-corrected chi connectivity index (χ2v) is 6.23. The minimum Gasteiger partial charge on any atom is -0.385 e. The van der Waals surface area contributed by atoms with Crippen molar-refractivity contribution in [1.82, 2.24) is 0 Å². The lowest BCUT2D eigenvalue weighted by Crippen LogP contribution is -2.21. The smallest absolute Gasteiger partial charge is 0.0393 e. The summed E-state index contributed by atoms with van der Waals surface area (Å²) in [6.07, 6.45) is 6.91. The number of nitrogens with one attached hydrogen (secondary N) is 1. The Morgan fingerprint density at radius 1 is 1.06 bits per heavy atom. The molecule has 3 aliphatic rings. The number of hydrogen-bond donors (Lipinski definition) is 1. The van der Waals surface area contributed by atoms with Crippen molar-refractivity contribution in [3.63, 3.8) is 0 Å². The molecular weight excluding hydrogens is 220 g/mol. The van der Waals surface area contributed by atoms with Crippen molar-refractivity contribution in [2.75, 3.05) is 29.9 Å². The summed E-state index contributed by atoms with van der Waals surface area (Å²) >= 11 is 0. The summed E-state index contributed by atoms with van der Waals surface area (Å²) in [6, 6.07) is 7.06. The van der Waals surface area contributed by atoms with E-state index in [0.29, 0.717) is 0 Å². The van der Waals surface area contributed by atoms with Gasteiger partial charge in [0.25, 0.3) is 0 Å². The van der Waals surface area contributed by atoms with Crippen molar-refractivity contribution < 1.29 is 0 Å². The monoisotopic (exact) mass is 242 g/mol. The summed E-state index contributed by atoms with van der Waals surface area (Å²) in [6.45, 7) is 3.73. The van der Waals surface area contributed by atoms with E-state index in [1.165, 1.54) is 62.1 Å². The zero-order valence-corrected chi connectivity index (χ0v) is 11.0. The Bertz CT molecular complexity index is 442. The van der Waals surface area contributed by atoms with Crippen LogP contribution in [-0.4, -0.2) is 19.6 Å². The quantitative estimate of drug-likeness (QED) is 0.813. The van der Waals surface area contributed by atoms with E-state index in [0.717, 1.165) is 18.4 Å². The second kappa shape index (κ2) is 4.18. The van der Waals surface area contributed by atoms with Crippen LogP contribution in [0.4, 0.5) is 11.4 Å². The van der Waals surface area contributed by atoms with Crippen molar-refractivity contribution in [3.8, 4) is 0 Å². The van der Waals surface area contributed by atoms with Gasteiger partial charge in [-0.25, -0.2) is 0 Å². The maximum atomic E-state index is 3.55. The van der Waals surface area contributed by atoms with Gasteiger partial charge >= 0.3 is 0 Å².